The first-order chi connectivity index (χ1) is 6.16. The lowest BCUT2D eigenvalue weighted by molar-refractivity contribution is -0.136. The van der Waals surface area contributed by atoms with Crippen molar-refractivity contribution < 1.29 is 9.90 Å². The number of aliphatic carboxylic acids is 1. The van der Waals surface area contributed by atoms with E-state index in [1.165, 1.54) is 0 Å². The average Bonchev–Trinajstić information content (AvgIpc) is 2.77. The Hall–Kier alpha value is -0.840. The summed E-state index contributed by atoms with van der Waals surface area (Å²) in [7, 11) is 0. The third-order valence-corrected chi connectivity index (χ3v) is 2.40. The fraction of sp³-hybridized carbons (Fsp3) is 0.500. The van der Waals surface area contributed by atoms with Crippen LogP contribution in [0.4, 0.5) is 0 Å². The molecule has 5 heteroatoms. The van der Waals surface area contributed by atoms with Crippen LogP contribution in [0.1, 0.15) is 24.6 Å². The number of hydrogen-bond acceptors (Lipinski definition) is 2. The molecule has 13 heavy (non-hydrogen) atoms. The van der Waals surface area contributed by atoms with Gasteiger partial charge in [-0.3, -0.25) is 9.48 Å². The van der Waals surface area contributed by atoms with Gasteiger partial charge in [-0.1, -0.05) is 0 Å². The molecule has 2 rings (SSSR count). The molecule has 1 aliphatic carbocycles. The lowest BCUT2D eigenvalue weighted by Crippen LogP contribution is -2.08. The molecular weight excluding hydrogens is 236 g/mol. The van der Waals surface area contributed by atoms with Gasteiger partial charge >= 0.3 is 5.97 Å². The zero-order valence-corrected chi connectivity index (χ0v) is 8.49. The van der Waals surface area contributed by atoms with Crippen molar-refractivity contribution in [3.8, 4) is 0 Å². The van der Waals surface area contributed by atoms with Gasteiger partial charge in [-0.2, -0.15) is 5.10 Å². The Morgan fingerprint density at radius 2 is 2.46 bits per heavy atom. The van der Waals surface area contributed by atoms with E-state index in [0.717, 1.165) is 23.1 Å². The first-order valence-electron chi connectivity index (χ1n) is 4.12. The summed E-state index contributed by atoms with van der Waals surface area (Å²) in [5.74, 6) is -0.811. The van der Waals surface area contributed by atoms with E-state index in [1.807, 2.05) is 4.68 Å². The number of hydrogen-bond donors (Lipinski definition) is 1. The van der Waals surface area contributed by atoms with Crippen LogP contribution in [0, 0.1) is 0 Å². The monoisotopic (exact) mass is 244 g/mol. The Morgan fingerprint density at radius 1 is 1.77 bits per heavy atom. The Balaban J connectivity index is 2.25. The Kier molecular flexibility index (Phi) is 2.11. The minimum absolute atomic E-state index is 0.0507. The first kappa shape index (κ1) is 8.74. The molecule has 1 aliphatic rings. The first-order valence-corrected chi connectivity index (χ1v) is 4.92. The summed E-state index contributed by atoms with van der Waals surface area (Å²) in [6, 6.07) is 2.20. The summed E-state index contributed by atoms with van der Waals surface area (Å²) in [6.45, 7) is 0. The molecule has 1 heterocycles. The Labute approximate surface area is 83.7 Å². The smallest absolute Gasteiger partial charge is 0.309 e. The molecule has 0 spiro atoms. The molecular formula is C8H9BrN2O2. The van der Waals surface area contributed by atoms with Crippen molar-refractivity contribution >= 4 is 21.9 Å². The van der Waals surface area contributed by atoms with Gasteiger partial charge in [0.1, 0.15) is 4.60 Å². The van der Waals surface area contributed by atoms with E-state index in [2.05, 4.69) is 21.0 Å². The minimum atomic E-state index is -0.811. The summed E-state index contributed by atoms with van der Waals surface area (Å²) in [4.78, 5) is 10.5. The second-order valence-corrected chi connectivity index (χ2v) is 4.02. The van der Waals surface area contributed by atoms with Gasteiger partial charge in [0.05, 0.1) is 18.2 Å². The van der Waals surface area contributed by atoms with Crippen LogP contribution in [0.5, 0.6) is 0 Å². The summed E-state index contributed by atoms with van der Waals surface area (Å²) < 4.78 is 2.54. The van der Waals surface area contributed by atoms with Gasteiger partial charge in [0.2, 0.25) is 0 Å². The predicted molar refractivity (Wildman–Crippen MR) is 49.5 cm³/mol. The maximum Gasteiger partial charge on any atom is 0.309 e. The van der Waals surface area contributed by atoms with Gasteiger partial charge in [-0.25, -0.2) is 0 Å². The van der Waals surface area contributed by atoms with Crippen molar-refractivity contribution in [1.82, 2.24) is 9.78 Å². The molecule has 1 saturated carbocycles. The fourth-order valence-corrected chi connectivity index (χ4v) is 1.76. The van der Waals surface area contributed by atoms with E-state index >= 15 is 0 Å². The quantitative estimate of drug-likeness (QED) is 0.879. The number of nitrogens with zero attached hydrogens (tertiary/aromatic N) is 2. The van der Waals surface area contributed by atoms with Crippen molar-refractivity contribution in [1.29, 1.82) is 0 Å². The summed E-state index contributed by atoms with van der Waals surface area (Å²) in [6.07, 6.45) is 2.27. The molecule has 0 amide bonds. The molecule has 0 aliphatic heterocycles. The molecule has 0 unspecified atom stereocenters. The van der Waals surface area contributed by atoms with Crippen LogP contribution in [-0.4, -0.2) is 20.9 Å². The van der Waals surface area contributed by atoms with E-state index in [0.29, 0.717) is 6.04 Å². The van der Waals surface area contributed by atoms with Crippen molar-refractivity contribution in [2.75, 3.05) is 0 Å². The van der Waals surface area contributed by atoms with Crippen LogP contribution in [0.2, 0.25) is 0 Å². The lowest BCUT2D eigenvalue weighted by atomic mass is 10.3. The van der Waals surface area contributed by atoms with Crippen LogP contribution >= 0.6 is 15.9 Å². The number of aromatic nitrogens is 2. The van der Waals surface area contributed by atoms with Crippen molar-refractivity contribution in [2.24, 2.45) is 0 Å². The molecule has 0 bridgehead atoms. The molecule has 1 aromatic rings. The molecule has 1 fully saturated rings. The second-order valence-electron chi connectivity index (χ2n) is 3.20. The maximum atomic E-state index is 10.5. The number of rotatable bonds is 3. The van der Waals surface area contributed by atoms with Gasteiger partial charge in [0.25, 0.3) is 0 Å². The number of halogens is 1. The van der Waals surface area contributed by atoms with Crippen LogP contribution in [0.15, 0.2) is 10.7 Å². The highest BCUT2D eigenvalue weighted by Gasteiger charge is 2.27. The molecule has 0 atom stereocenters. The normalized spacial score (nSPS) is 16.1. The van der Waals surface area contributed by atoms with E-state index in [1.54, 1.807) is 6.07 Å². The van der Waals surface area contributed by atoms with Gasteiger partial charge < -0.3 is 5.11 Å². The molecule has 0 aromatic carbocycles. The van der Waals surface area contributed by atoms with Crippen molar-refractivity contribution in [2.45, 2.75) is 25.3 Å². The maximum absolute atomic E-state index is 10.5. The van der Waals surface area contributed by atoms with E-state index in [4.69, 9.17) is 5.11 Å². The van der Waals surface area contributed by atoms with Crippen LogP contribution in [0.25, 0.3) is 0 Å². The van der Waals surface area contributed by atoms with Crippen molar-refractivity contribution in [3.05, 3.63) is 16.4 Å². The third-order valence-electron chi connectivity index (χ3n) is 2.01. The van der Waals surface area contributed by atoms with Gasteiger partial charge in [-0.15, -0.1) is 0 Å². The topological polar surface area (TPSA) is 55.1 Å². The molecule has 0 saturated heterocycles. The van der Waals surface area contributed by atoms with E-state index in [9.17, 15) is 4.79 Å². The van der Waals surface area contributed by atoms with Crippen molar-refractivity contribution in [3.63, 3.8) is 0 Å². The van der Waals surface area contributed by atoms with Gasteiger partial charge in [0.15, 0.2) is 0 Å². The standard InChI is InChI=1S/C8H9BrN2O2/c9-7-3-6(4-8(12)13)11(10-7)5-1-2-5/h3,5H,1-2,4H2,(H,12,13). The Bertz CT molecular complexity index is 344. The average molecular weight is 245 g/mol. The summed E-state index contributed by atoms with van der Waals surface area (Å²) in [5, 5.41) is 12.8. The predicted octanol–water partition coefficient (Wildman–Crippen LogP) is 1.61. The third kappa shape index (κ3) is 1.91. The number of carboxylic acids is 1. The minimum Gasteiger partial charge on any atom is -0.481 e. The second kappa shape index (κ2) is 3.14. The van der Waals surface area contributed by atoms with Gasteiger partial charge in [0, 0.05) is 0 Å². The molecule has 1 aromatic heterocycles. The highest BCUT2D eigenvalue weighted by molar-refractivity contribution is 9.10. The highest BCUT2D eigenvalue weighted by atomic mass is 79.9. The highest BCUT2D eigenvalue weighted by Crippen LogP contribution is 2.36. The molecule has 4 nitrogen and oxygen atoms in total. The lowest BCUT2D eigenvalue weighted by Gasteiger charge is -2.01. The van der Waals surface area contributed by atoms with Crippen LogP contribution < -0.4 is 0 Å². The van der Waals surface area contributed by atoms with Gasteiger partial charge in [-0.05, 0) is 34.8 Å². The molecule has 0 radical (unpaired) electrons. The summed E-state index contributed by atoms with van der Waals surface area (Å²) >= 11 is 3.24. The zero-order valence-electron chi connectivity index (χ0n) is 6.90. The summed E-state index contributed by atoms with van der Waals surface area (Å²) in [5.41, 5.74) is 0.780. The fourth-order valence-electron chi connectivity index (χ4n) is 1.32. The van der Waals surface area contributed by atoms with Crippen LogP contribution in [-0.2, 0) is 11.2 Å². The van der Waals surface area contributed by atoms with E-state index < -0.39 is 5.97 Å². The molecule has 70 valence electrons. The van der Waals surface area contributed by atoms with Crippen LogP contribution in [0.3, 0.4) is 0 Å². The SMILES string of the molecule is O=C(O)Cc1cc(Br)nn1C1CC1. The number of carboxylic acid groups (broad SMARTS) is 1. The van der Waals surface area contributed by atoms with E-state index in [-0.39, 0.29) is 6.42 Å². The number of carbonyl (C=O) groups is 1. The largest absolute Gasteiger partial charge is 0.481 e. The Morgan fingerprint density at radius 3 is 3.00 bits per heavy atom. The molecule has 1 N–H and O–H groups in total. The zero-order chi connectivity index (χ0) is 9.42.